The summed E-state index contributed by atoms with van der Waals surface area (Å²) in [6.07, 6.45) is 2.88. The fourth-order valence-electron chi connectivity index (χ4n) is 1.48. The number of nitrogens with two attached hydrogens (primary N) is 1. The Morgan fingerprint density at radius 2 is 2.13 bits per heavy atom. The van der Waals surface area contributed by atoms with Crippen LogP contribution in [-0.2, 0) is 13.0 Å². The van der Waals surface area contributed by atoms with Crippen LogP contribution in [0.3, 0.4) is 0 Å². The molecule has 2 N–H and O–H groups in total. The van der Waals surface area contributed by atoms with E-state index in [9.17, 15) is 0 Å². The Balaban J connectivity index is 2.01. The molecule has 80 valence electrons. The van der Waals surface area contributed by atoms with Crippen molar-refractivity contribution in [3.05, 3.63) is 28.0 Å². The molecule has 0 amide bonds. The number of imidazole rings is 1. The molecule has 2 heterocycles. The minimum absolute atomic E-state index is 0.584. The van der Waals surface area contributed by atoms with Gasteiger partial charge in [-0.2, -0.15) is 0 Å². The maximum absolute atomic E-state index is 5.75. The monoisotopic (exact) mass is 222 g/mol. The Morgan fingerprint density at radius 3 is 2.67 bits per heavy atom. The van der Waals surface area contributed by atoms with Crippen LogP contribution in [0.25, 0.3) is 0 Å². The lowest BCUT2D eigenvalue weighted by atomic mass is 10.4. The maximum atomic E-state index is 5.75. The van der Waals surface area contributed by atoms with E-state index in [1.54, 1.807) is 11.3 Å². The summed E-state index contributed by atoms with van der Waals surface area (Å²) in [5, 5.41) is 3.22. The van der Waals surface area contributed by atoms with Gasteiger partial charge in [-0.3, -0.25) is 0 Å². The van der Waals surface area contributed by atoms with Gasteiger partial charge in [-0.25, -0.2) is 9.97 Å². The van der Waals surface area contributed by atoms with E-state index < -0.39 is 0 Å². The van der Waals surface area contributed by atoms with Crippen molar-refractivity contribution in [2.45, 2.75) is 26.8 Å². The van der Waals surface area contributed by atoms with Crippen LogP contribution in [0.15, 0.2) is 11.6 Å². The highest BCUT2D eigenvalue weighted by Crippen LogP contribution is 2.11. The number of nitrogens with zero attached hydrogens (tertiary/aromatic N) is 3. The van der Waals surface area contributed by atoms with Crippen molar-refractivity contribution in [2.75, 3.05) is 5.73 Å². The van der Waals surface area contributed by atoms with Crippen LogP contribution in [0.4, 0.5) is 5.95 Å². The molecule has 2 rings (SSSR count). The van der Waals surface area contributed by atoms with E-state index in [0.717, 1.165) is 29.4 Å². The summed E-state index contributed by atoms with van der Waals surface area (Å²) in [4.78, 5) is 8.56. The van der Waals surface area contributed by atoms with Crippen molar-refractivity contribution in [3.8, 4) is 0 Å². The first-order chi connectivity index (χ1) is 7.15. The number of hydrogen-bond acceptors (Lipinski definition) is 4. The standard InChI is InChI=1S/C10H14N4S/c1-7-5-14(10(11)13-7)4-3-9-12-8(2)6-15-9/h5-6H,3-4H2,1-2H3,(H2,11,13). The highest BCUT2D eigenvalue weighted by molar-refractivity contribution is 7.09. The second kappa shape index (κ2) is 4.02. The number of thiazole rings is 1. The zero-order chi connectivity index (χ0) is 10.8. The molecule has 0 saturated carbocycles. The number of anilines is 1. The van der Waals surface area contributed by atoms with Gasteiger partial charge < -0.3 is 10.3 Å². The van der Waals surface area contributed by atoms with Crippen molar-refractivity contribution in [3.63, 3.8) is 0 Å². The van der Waals surface area contributed by atoms with Crippen LogP contribution >= 0.6 is 11.3 Å². The summed E-state index contributed by atoms with van der Waals surface area (Å²) in [7, 11) is 0. The van der Waals surface area contributed by atoms with Gasteiger partial charge >= 0.3 is 0 Å². The first kappa shape index (κ1) is 10.2. The fraction of sp³-hybridized carbons (Fsp3) is 0.400. The largest absolute Gasteiger partial charge is 0.369 e. The van der Waals surface area contributed by atoms with Crippen molar-refractivity contribution in [1.82, 2.24) is 14.5 Å². The van der Waals surface area contributed by atoms with Gasteiger partial charge in [0.2, 0.25) is 0 Å². The van der Waals surface area contributed by atoms with Crippen LogP contribution in [0.2, 0.25) is 0 Å². The molecule has 2 aromatic rings. The Bertz CT molecular complexity index is 458. The summed E-state index contributed by atoms with van der Waals surface area (Å²) < 4.78 is 1.96. The second-order valence-corrected chi connectivity index (χ2v) is 4.51. The Hall–Kier alpha value is -1.36. The molecular weight excluding hydrogens is 208 g/mol. The van der Waals surface area contributed by atoms with E-state index in [-0.39, 0.29) is 0 Å². The van der Waals surface area contributed by atoms with E-state index in [1.807, 2.05) is 24.6 Å². The molecule has 0 aliphatic heterocycles. The topological polar surface area (TPSA) is 56.7 Å². The van der Waals surface area contributed by atoms with Crippen molar-refractivity contribution in [1.29, 1.82) is 0 Å². The molecule has 2 aromatic heterocycles. The molecular formula is C10H14N4S. The molecule has 0 atom stereocenters. The minimum Gasteiger partial charge on any atom is -0.369 e. The van der Waals surface area contributed by atoms with E-state index in [4.69, 9.17) is 5.73 Å². The van der Waals surface area contributed by atoms with Gasteiger partial charge in [-0.1, -0.05) is 0 Å². The van der Waals surface area contributed by atoms with Gasteiger partial charge in [0, 0.05) is 30.2 Å². The minimum atomic E-state index is 0.584. The predicted octanol–water partition coefficient (Wildman–Crippen LogP) is 1.78. The van der Waals surface area contributed by atoms with Crippen LogP contribution in [0, 0.1) is 13.8 Å². The molecule has 0 radical (unpaired) electrons. The number of nitrogen functional groups attached to an aromatic ring is 1. The second-order valence-electron chi connectivity index (χ2n) is 3.57. The van der Waals surface area contributed by atoms with E-state index in [1.165, 1.54) is 0 Å². The molecule has 0 saturated heterocycles. The molecule has 0 aromatic carbocycles. The Morgan fingerprint density at radius 1 is 1.33 bits per heavy atom. The highest BCUT2D eigenvalue weighted by atomic mass is 32.1. The summed E-state index contributed by atoms with van der Waals surface area (Å²) in [6.45, 7) is 4.80. The van der Waals surface area contributed by atoms with Crippen molar-refractivity contribution < 1.29 is 0 Å². The van der Waals surface area contributed by atoms with Crippen LogP contribution in [0.1, 0.15) is 16.4 Å². The molecule has 0 aliphatic rings. The molecule has 4 nitrogen and oxygen atoms in total. The number of aryl methyl sites for hydroxylation is 4. The Labute approximate surface area is 92.8 Å². The fourth-order valence-corrected chi connectivity index (χ4v) is 2.24. The normalized spacial score (nSPS) is 10.8. The lowest BCUT2D eigenvalue weighted by molar-refractivity contribution is 0.701. The summed E-state index contributed by atoms with van der Waals surface area (Å²) >= 11 is 1.70. The van der Waals surface area contributed by atoms with Gasteiger partial charge in [0.1, 0.15) is 0 Å². The van der Waals surface area contributed by atoms with Crippen LogP contribution in [0.5, 0.6) is 0 Å². The van der Waals surface area contributed by atoms with E-state index >= 15 is 0 Å². The maximum Gasteiger partial charge on any atom is 0.200 e. The lowest BCUT2D eigenvalue weighted by Gasteiger charge is -2.01. The summed E-state index contributed by atoms with van der Waals surface area (Å²) in [6, 6.07) is 0. The zero-order valence-electron chi connectivity index (χ0n) is 8.90. The van der Waals surface area contributed by atoms with Crippen molar-refractivity contribution >= 4 is 17.3 Å². The van der Waals surface area contributed by atoms with Crippen LogP contribution in [-0.4, -0.2) is 14.5 Å². The lowest BCUT2D eigenvalue weighted by Crippen LogP contribution is -2.04. The number of aromatic nitrogens is 3. The van der Waals surface area contributed by atoms with Gasteiger partial charge in [0.15, 0.2) is 5.95 Å². The van der Waals surface area contributed by atoms with Gasteiger partial charge in [0.25, 0.3) is 0 Å². The summed E-state index contributed by atoms with van der Waals surface area (Å²) in [5.74, 6) is 0.584. The average Bonchev–Trinajstić information content (AvgIpc) is 2.70. The third kappa shape index (κ3) is 2.36. The average molecular weight is 222 g/mol. The van der Waals surface area contributed by atoms with Gasteiger partial charge in [-0.15, -0.1) is 11.3 Å². The Kier molecular flexibility index (Phi) is 2.73. The third-order valence-electron chi connectivity index (χ3n) is 2.16. The first-order valence-corrected chi connectivity index (χ1v) is 5.73. The first-order valence-electron chi connectivity index (χ1n) is 4.85. The van der Waals surface area contributed by atoms with E-state index in [0.29, 0.717) is 5.95 Å². The molecule has 5 heteroatoms. The van der Waals surface area contributed by atoms with E-state index in [2.05, 4.69) is 15.3 Å². The zero-order valence-corrected chi connectivity index (χ0v) is 9.71. The number of hydrogen-bond donors (Lipinski definition) is 1. The van der Waals surface area contributed by atoms with Gasteiger partial charge in [-0.05, 0) is 13.8 Å². The third-order valence-corrected chi connectivity index (χ3v) is 3.19. The quantitative estimate of drug-likeness (QED) is 0.861. The molecule has 15 heavy (non-hydrogen) atoms. The molecule has 0 spiro atoms. The summed E-state index contributed by atoms with van der Waals surface area (Å²) in [5.41, 5.74) is 7.79. The molecule has 0 aliphatic carbocycles. The smallest absolute Gasteiger partial charge is 0.200 e. The van der Waals surface area contributed by atoms with Gasteiger partial charge in [0.05, 0.1) is 10.7 Å². The van der Waals surface area contributed by atoms with Crippen LogP contribution < -0.4 is 5.73 Å². The molecule has 0 unspecified atom stereocenters. The molecule has 0 fully saturated rings. The number of rotatable bonds is 3. The molecule has 0 bridgehead atoms. The predicted molar refractivity (Wildman–Crippen MR) is 61.9 cm³/mol. The van der Waals surface area contributed by atoms with Crippen molar-refractivity contribution in [2.24, 2.45) is 0 Å². The highest BCUT2D eigenvalue weighted by Gasteiger charge is 2.03. The SMILES string of the molecule is Cc1csc(CCn2cc(C)nc2N)n1.